The topological polar surface area (TPSA) is 38.8 Å². The zero-order valence-electron chi connectivity index (χ0n) is 11.1. The average Bonchev–Trinajstić information content (AvgIpc) is 2.88. The molecule has 0 unspecified atom stereocenters. The van der Waals surface area contributed by atoms with E-state index >= 15 is 0 Å². The van der Waals surface area contributed by atoms with Crippen LogP contribution in [-0.2, 0) is 20.7 Å². The molecule has 0 aromatic carbocycles. The van der Waals surface area contributed by atoms with Gasteiger partial charge < -0.3 is 14.4 Å². The Labute approximate surface area is 117 Å². The van der Waals surface area contributed by atoms with Crippen LogP contribution in [0.15, 0.2) is 16.8 Å². The summed E-state index contributed by atoms with van der Waals surface area (Å²) in [4.78, 5) is 14.0. The van der Waals surface area contributed by atoms with E-state index in [4.69, 9.17) is 9.47 Å². The lowest BCUT2D eigenvalue weighted by molar-refractivity contribution is -0.198. The Morgan fingerprint density at radius 1 is 1.63 bits per heavy atom. The largest absolute Gasteiger partial charge is 0.381 e. The normalized spacial score (nSPS) is 25.3. The van der Waals surface area contributed by atoms with Gasteiger partial charge in [-0.2, -0.15) is 11.3 Å². The molecular weight excluding hydrogens is 262 g/mol. The summed E-state index contributed by atoms with van der Waals surface area (Å²) < 4.78 is 11.3. The van der Waals surface area contributed by atoms with E-state index in [1.54, 1.807) is 18.4 Å². The standard InChI is InChI=1S/C14H19NO3S/c1-17-12-2-4-18-14(7-12)9-15(10-14)13(16)6-11-3-5-19-8-11/h3,5,8,12H,2,4,6-7,9-10H2,1H3/t12-/m1/s1. The Balaban J connectivity index is 1.53. The van der Waals surface area contributed by atoms with Crippen LogP contribution in [0.2, 0.25) is 0 Å². The van der Waals surface area contributed by atoms with Crippen molar-refractivity contribution in [1.82, 2.24) is 4.90 Å². The average molecular weight is 281 g/mol. The Morgan fingerprint density at radius 2 is 2.47 bits per heavy atom. The lowest BCUT2D eigenvalue weighted by atomic mass is 9.84. The van der Waals surface area contributed by atoms with Crippen molar-refractivity contribution in [2.24, 2.45) is 0 Å². The third-order valence-corrected chi connectivity index (χ3v) is 4.76. The maximum absolute atomic E-state index is 12.1. The van der Waals surface area contributed by atoms with Gasteiger partial charge in [-0.3, -0.25) is 4.79 Å². The van der Waals surface area contributed by atoms with E-state index in [9.17, 15) is 4.79 Å². The Bertz CT molecular complexity index is 440. The highest BCUT2D eigenvalue weighted by Gasteiger charge is 2.49. The number of likely N-dealkylation sites (tertiary alicyclic amines) is 1. The number of thiophene rings is 1. The van der Waals surface area contributed by atoms with E-state index in [2.05, 4.69) is 0 Å². The molecule has 5 heteroatoms. The van der Waals surface area contributed by atoms with Gasteiger partial charge in [0.15, 0.2) is 0 Å². The number of methoxy groups -OCH3 is 1. The molecule has 104 valence electrons. The SMILES string of the molecule is CO[C@@H]1CCOC2(C1)CN(C(=O)Cc1ccsc1)C2. The van der Waals surface area contributed by atoms with Gasteiger partial charge in [0.05, 0.1) is 25.6 Å². The molecule has 0 bridgehead atoms. The van der Waals surface area contributed by atoms with Crippen molar-refractivity contribution >= 4 is 17.2 Å². The first kappa shape index (κ1) is 13.1. The van der Waals surface area contributed by atoms with Gasteiger partial charge in [0.1, 0.15) is 5.60 Å². The van der Waals surface area contributed by atoms with Crippen LogP contribution >= 0.6 is 11.3 Å². The molecule has 2 aliphatic rings. The first-order valence-corrected chi connectivity index (χ1v) is 7.61. The zero-order chi connectivity index (χ0) is 13.3. The molecule has 3 rings (SSSR count). The van der Waals surface area contributed by atoms with Crippen LogP contribution in [0, 0.1) is 0 Å². The smallest absolute Gasteiger partial charge is 0.227 e. The lowest BCUT2D eigenvalue weighted by Gasteiger charge is -2.52. The maximum atomic E-state index is 12.1. The minimum atomic E-state index is -0.136. The number of carbonyl (C=O) groups excluding carboxylic acids is 1. The summed E-state index contributed by atoms with van der Waals surface area (Å²) >= 11 is 1.63. The fourth-order valence-corrected chi connectivity index (χ4v) is 3.58. The summed E-state index contributed by atoms with van der Waals surface area (Å²) in [5, 5.41) is 4.04. The minimum absolute atomic E-state index is 0.136. The summed E-state index contributed by atoms with van der Waals surface area (Å²) in [6.45, 7) is 2.18. The highest BCUT2D eigenvalue weighted by Crippen LogP contribution is 2.35. The fraction of sp³-hybridized carbons (Fsp3) is 0.643. The van der Waals surface area contributed by atoms with Crippen LogP contribution < -0.4 is 0 Å². The minimum Gasteiger partial charge on any atom is -0.381 e. The van der Waals surface area contributed by atoms with Crippen LogP contribution in [-0.4, -0.2) is 49.3 Å². The number of carbonyl (C=O) groups is 1. The van der Waals surface area contributed by atoms with Gasteiger partial charge in [-0.25, -0.2) is 0 Å². The number of rotatable bonds is 3. The second kappa shape index (κ2) is 5.23. The van der Waals surface area contributed by atoms with Gasteiger partial charge in [0.25, 0.3) is 0 Å². The zero-order valence-corrected chi connectivity index (χ0v) is 11.9. The van der Waals surface area contributed by atoms with Gasteiger partial charge >= 0.3 is 0 Å². The van der Waals surface area contributed by atoms with Crippen molar-refractivity contribution in [1.29, 1.82) is 0 Å². The summed E-state index contributed by atoms with van der Waals surface area (Å²) in [7, 11) is 1.75. The van der Waals surface area contributed by atoms with E-state index in [-0.39, 0.29) is 17.6 Å². The molecule has 1 atom stereocenters. The second-order valence-corrected chi connectivity index (χ2v) is 6.22. The van der Waals surface area contributed by atoms with E-state index < -0.39 is 0 Å². The first-order chi connectivity index (χ1) is 9.21. The summed E-state index contributed by atoms with van der Waals surface area (Å²) in [5.74, 6) is 0.201. The molecular formula is C14H19NO3S. The van der Waals surface area contributed by atoms with Crippen molar-refractivity contribution < 1.29 is 14.3 Å². The Hall–Kier alpha value is -0.910. The van der Waals surface area contributed by atoms with E-state index in [1.165, 1.54) is 0 Å². The summed E-state index contributed by atoms with van der Waals surface area (Å²) in [5.41, 5.74) is 0.971. The lowest BCUT2D eigenvalue weighted by Crippen LogP contribution is -2.67. The molecule has 1 aromatic rings. The highest BCUT2D eigenvalue weighted by atomic mass is 32.1. The van der Waals surface area contributed by atoms with Gasteiger partial charge in [0, 0.05) is 20.1 Å². The molecule has 2 aliphatic heterocycles. The van der Waals surface area contributed by atoms with Crippen LogP contribution in [0.25, 0.3) is 0 Å². The van der Waals surface area contributed by atoms with Crippen LogP contribution in [0.4, 0.5) is 0 Å². The fourth-order valence-electron chi connectivity index (χ4n) is 2.91. The van der Waals surface area contributed by atoms with Gasteiger partial charge in [-0.1, -0.05) is 0 Å². The molecule has 1 spiro atoms. The molecule has 2 saturated heterocycles. The van der Waals surface area contributed by atoms with Gasteiger partial charge in [-0.05, 0) is 28.8 Å². The number of hydrogen-bond donors (Lipinski definition) is 0. The second-order valence-electron chi connectivity index (χ2n) is 5.44. The van der Waals surface area contributed by atoms with Crippen molar-refractivity contribution in [2.45, 2.75) is 31.0 Å². The molecule has 0 N–H and O–H groups in total. The van der Waals surface area contributed by atoms with Crippen LogP contribution in [0.5, 0.6) is 0 Å². The molecule has 2 fully saturated rings. The number of amides is 1. The molecule has 3 heterocycles. The predicted molar refractivity (Wildman–Crippen MR) is 73.3 cm³/mol. The Kier molecular flexibility index (Phi) is 3.60. The molecule has 0 radical (unpaired) electrons. The number of ether oxygens (including phenoxy) is 2. The van der Waals surface area contributed by atoms with Crippen molar-refractivity contribution in [3.63, 3.8) is 0 Å². The van der Waals surface area contributed by atoms with Crippen molar-refractivity contribution in [2.75, 3.05) is 26.8 Å². The van der Waals surface area contributed by atoms with Crippen LogP contribution in [0.3, 0.4) is 0 Å². The molecule has 4 nitrogen and oxygen atoms in total. The van der Waals surface area contributed by atoms with Gasteiger partial charge in [0.2, 0.25) is 5.91 Å². The quantitative estimate of drug-likeness (QED) is 0.846. The highest BCUT2D eigenvalue weighted by molar-refractivity contribution is 7.07. The van der Waals surface area contributed by atoms with Crippen molar-refractivity contribution in [3.05, 3.63) is 22.4 Å². The predicted octanol–water partition coefficient (Wildman–Crippen LogP) is 1.70. The number of hydrogen-bond acceptors (Lipinski definition) is 4. The molecule has 1 aromatic heterocycles. The molecule has 0 aliphatic carbocycles. The van der Waals surface area contributed by atoms with Gasteiger partial charge in [-0.15, -0.1) is 0 Å². The monoisotopic (exact) mass is 281 g/mol. The maximum Gasteiger partial charge on any atom is 0.227 e. The molecule has 19 heavy (non-hydrogen) atoms. The van der Waals surface area contributed by atoms with Crippen LogP contribution in [0.1, 0.15) is 18.4 Å². The summed E-state index contributed by atoms with van der Waals surface area (Å²) in [6, 6.07) is 2.01. The number of nitrogens with zero attached hydrogens (tertiary/aromatic N) is 1. The molecule has 0 saturated carbocycles. The molecule has 1 amide bonds. The third kappa shape index (κ3) is 2.68. The third-order valence-electron chi connectivity index (χ3n) is 4.03. The van der Waals surface area contributed by atoms with Crippen molar-refractivity contribution in [3.8, 4) is 0 Å². The Morgan fingerprint density at radius 3 is 3.16 bits per heavy atom. The van der Waals surface area contributed by atoms with E-state index in [0.29, 0.717) is 6.42 Å². The summed E-state index contributed by atoms with van der Waals surface area (Å²) in [6.07, 6.45) is 2.66. The first-order valence-electron chi connectivity index (χ1n) is 6.66. The van der Waals surface area contributed by atoms with E-state index in [1.807, 2.05) is 21.7 Å². The van der Waals surface area contributed by atoms with E-state index in [0.717, 1.165) is 38.1 Å².